The zero-order chi connectivity index (χ0) is 14.5. The number of aliphatic carboxylic acids is 1. The van der Waals surface area contributed by atoms with Crippen molar-refractivity contribution in [3.05, 3.63) is 29.8 Å². The minimum Gasteiger partial charge on any atom is -0.497 e. The molecule has 1 heterocycles. The van der Waals surface area contributed by atoms with Gasteiger partial charge in [0.2, 0.25) is 0 Å². The first-order valence-corrected chi connectivity index (χ1v) is 7.23. The number of rotatable bonds is 5. The largest absolute Gasteiger partial charge is 0.497 e. The summed E-state index contributed by atoms with van der Waals surface area (Å²) in [5, 5.41) is 9.42. The van der Waals surface area contributed by atoms with Crippen molar-refractivity contribution < 1.29 is 14.6 Å². The van der Waals surface area contributed by atoms with E-state index in [1.54, 1.807) is 7.11 Å². The van der Waals surface area contributed by atoms with Gasteiger partial charge >= 0.3 is 5.97 Å². The van der Waals surface area contributed by atoms with Crippen molar-refractivity contribution in [2.75, 3.05) is 13.7 Å². The van der Waals surface area contributed by atoms with Crippen LogP contribution in [0.15, 0.2) is 24.3 Å². The van der Waals surface area contributed by atoms with Crippen molar-refractivity contribution >= 4 is 5.97 Å². The third kappa shape index (κ3) is 3.51. The lowest BCUT2D eigenvalue weighted by atomic mass is 9.88. The van der Waals surface area contributed by atoms with E-state index in [9.17, 15) is 9.90 Å². The van der Waals surface area contributed by atoms with Crippen LogP contribution < -0.4 is 4.74 Å². The number of hydrogen-bond donors (Lipinski definition) is 1. The molecule has 0 aliphatic carbocycles. The Morgan fingerprint density at radius 1 is 1.40 bits per heavy atom. The Labute approximate surface area is 120 Å². The molecule has 2 atom stereocenters. The maximum absolute atomic E-state index is 11.5. The van der Waals surface area contributed by atoms with E-state index in [0.29, 0.717) is 12.5 Å². The van der Waals surface area contributed by atoms with Gasteiger partial charge in [0, 0.05) is 6.54 Å². The highest BCUT2D eigenvalue weighted by Gasteiger charge is 2.32. The molecule has 1 fully saturated rings. The fraction of sp³-hybridized carbons (Fsp3) is 0.562. The number of carbonyl (C=O) groups is 1. The fourth-order valence-electron chi connectivity index (χ4n) is 2.87. The second-order valence-corrected chi connectivity index (χ2v) is 5.47. The second-order valence-electron chi connectivity index (χ2n) is 5.47. The number of benzene rings is 1. The van der Waals surface area contributed by atoms with Gasteiger partial charge in [0.25, 0.3) is 0 Å². The highest BCUT2D eigenvalue weighted by molar-refractivity contribution is 5.73. The predicted molar refractivity (Wildman–Crippen MR) is 77.8 cm³/mol. The molecule has 0 amide bonds. The van der Waals surface area contributed by atoms with E-state index in [1.165, 1.54) is 0 Å². The van der Waals surface area contributed by atoms with Gasteiger partial charge in [-0.3, -0.25) is 9.69 Å². The molecular formula is C16H23NO3. The molecule has 1 aromatic rings. The molecule has 0 spiro atoms. The molecule has 1 saturated heterocycles. The Hall–Kier alpha value is -1.55. The topological polar surface area (TPSA) is 49.8 Å². The number of piperidine rings is 1. The van der Waals surface area contributed by atoms with Crippen LogP contribution in [0.4, 0.5) is 0 Å². The van der Waals surface area contributed by atoms with E-state index in [4.69, 9.17) is 4.74 Å². The Morgan fingerprint density at radius 3 is 2.65 bits per heavy atom. The van der Waals surface area contributed by atoms with E-state index >= 15 is 0 Å². The lowest BCUT2D eigenvalue weighted by Gasteiger charge is -2.37. The van der Waals surface area contributed by atoms with Crippen LogP contribution in [-0.2, 0) is 11.3 Å². The first-order valence-electron chi connectivity index (χ1n) is 7.23. The van der Waals surface area contributed by atoms with Gasteiger partial charge in [-0.15, -0.1) is 0 Å². The summed E-state index contributed by atoms with van der Waals surface area (Å²) in [6.45, 7) is 3.70. The van der Waals surface area contributed by atoms with E-state index in [2.05, 4.69) is 11.8 Å². The van der Waals surface area contributed by atoms with Gasteiger partial charge < -0.3 is 9.84 Å². The summed E-state index contributed by atoms with van der Waals surface area (Å²) in [6.07, 6.45) is 2.93. The van der Waals surface area contributed by atoms with Gasteiger partial charge in [-0.05, 0) is 43.0 Å². The fourth-order valence-corrected chi connectivity index (χ4v) is 2.87. The van der Waals surface area contributed by atoms with Crippen molar-refractivity contribution in [2.24, 2.45) is 5.92 Å². The van der Waals surface area contributed by atoms with Crippen LogP contribution in [0.5, 0.6) is 5.75 Å². The summed E-state index contributed by atoms with van der Waals surface area (Å²) in [5.41, 5.74) is 1.13. The summed E-state index contributed by atoms with van der Waals surface area (Å²) in [6, 6.07) is 7.50. The quantitative estimate of drug-likeness (QED) is 0.899. The molecule has 0 radical (unpaired) electrons. The van der Waals surface area contributed by atoms with Gasteiger partial charge in [0.15, 0.2) is 0 Å². The Balaban J connectivity index is 2.04. The summed E-state index contributed by atoms with van der Waals surface area (Å²) in [7, 11) is 1.64. The number of nitrogens with zero attached hydrogens (tertiary/aromatic N) is 1. The monoisotopic (exact) mass is 277 g/mol. The molecule has 0 saturated carbocycles. The van der Waals surface area contributed by atoms with Gasteiger partial charge in [-0.1, -0.05) is 25.5 Å². The average Bonchev–Trinajstić information content (AvgIpc) is 2.48. The average molecular weight is 277 g/mol. The smallest absolute Gasteiger partial charge is 0.320 e. The highest BCUT2D eigenvalue weighted by atomic mass is 16.5. The van der Waals surface area contributed by atoms with Crippen molar-refractivity contribution in [3.63, 3.8) is 0 Å². The third-order valence-electron chi connectivity index (χ3n) is 4.23. The molecule has 2 rings (SSSR count). The normalized spacial score (nSPS) is 23.5. The standard InChI is InChI=1S/C16H23NO3/c1-3-12-8-9-17(15(10-12)16(18)19)11-13-4-6-14(20-2)7-5-13/h4-7,12,15H,3,8-11H2,1-2H3,(H,18,19). The Kier molecular flexibility index (Phi) is 5.01. The lowest BCUT2D eigenvalue weighted by molar-refractivity contribution is -0.145. The Bertz CT molecular complexity index is 444. The van der Waals surface area contributed by atoms with Crippen LogP contribution >= 0.6 is 0 Å². The minimum atomic E-state index is -0.698. The molecule has 2 unspecified atom stereocenters. The maximum atomic E-state index is 11.5. The second kappa shape index (κ2) is 6.75. The van der Waals surface area contributed by atoms with Crippen LogP contribution in [0, 0.1) is 5.92 Å². The minimum absolute atomic E-state index is 0.351. The van der Waals surface area contributed by atoms with Crippen LogP contribution in [0.1, 0.15) is 31.7 Å². The number of carboxylic acids is 1. The molecule has 4 heteroatoms. The van der Waals surface area contributed by atoms with E-state index < -0.39 is 5.97 Å². The molecule has 1 N–H and O–H groups in total. The number of hydrogen-bond acceptors (Lipinski definition) is 3. The number of methoxy groups -OCH3 is 1. The molecule has 1 aromatic carbocycles. The molecule has 1 aliphatic heterocycles. The van der Waals surface area contributed by atoms with Crippen LogP contribution in [0.2, 0.25) is 0 Å². The first kappa shape index (κ1) is 14.9. The molecule has 4 nitrogen and oxygen atoms in total. The van der Waals surface area contributed by atoms with Crippen LogP contribution in [0.3, 0.4) is 0 Å². The molecular weight excluding hydrogens is 254 g/mol. The van der Waals surface area contributed by atoms with E-state index in [-0.39, 0.29) is 6.04 Å². The van der Waals surface area contributed by atoms with Crippen molar-refractivity contribution in [3.8, 4) is 5.75 Å². The summed E-state index contributed by atoms with van der Waals surface area (Å²) < 4.78 is 5.14. The predicted octanol–water partition coefficient (Wildman–Crippen LogP) is 2.77. The van der Waals surface area contributed by atoms with Crippen molar-refractivity contribution in [1.82, 2.24) is 4.90 Å². The molecule has 0 bridgehead atoms. The summed E-state index contributed by atoms with van der Waals surface area (Å²) >= 11 is 0. The lowest BCUT2D eigenvalue weighted by Crippen LogP contribution is -2.46. The van der Waals surface area contributed by atoms with Gasteiger partial charge in [0.1, 0.15) is 11.8 Å². The first-order chi connectivity index (χ1) is 9.63. The van der Waals surface area contributed by atoms with Crippen LogP contribution in [0.25, 0.3) is 0 Å². The molecule has 110 valence electrons. The SMILES string of the molecule is CCC1CCN(Cc2ccc(OC)cc2)C(C(=O)O)C1. The van der Waals surface area contributed by atoms with E-state index in [0.717, 1.165) is 37.1 Å². The van der Waals surface area contributed by atoms with E-state index in [1.807, 2.05) is 24.3 Å². The van der Waals surface area contributed by atoms with Gasteiger partial charge in [-0.2, -0.15) is 0 Å². The zero-order valence-corrected chi connectivity index (χ0v) is 12.2. The maximum Gasteiger partial charge on any atom is 0.320 e. The third-order valence-corrected chi connectivity index (χ3v) is 4.23. The molecule has 0 aromatic heterocycles. The van der Waals surface area contributed by atoms with Gasteiger partial charge in [-0.25, -0.2) is 0 Å². The van der Waals surface area contributed by atoms with Gasteiger partial charge in [0.05, 0.1) is 7.11 Å². The summed E-state index contributed by atoms with van der Waals surface area (Å²) in [5.74, 6) is 0.674. The number of carboxylic acid groups (broad SMARTS) is 1. The zero-order valence-electron chi connectivity index (χ0n) is 12.2. The highest BCUT2D eigenvalue weighted by Crippen LogP contribution is 2.27. The molecule has 20 heavy (non-hydrogen) atoms. The van der Waals surface area contributed by atoms with Crippen LogP contribution in [-0.4, -0.2) is 35.7 Å². The van der Waals surface area contributed by atoms with Crippen molar-refractivity contribution in [2.45, 2.75) is 38.8 Å². The number of ether oxygens (including phenoxy) is 1. The summed E-state index contributed by atoms with van der Waals surface area (Å²) in [4.78, 5) is 13.5. The molecule has 1 aliphatic rings. The Morgan fingerprint density at radius 2 is 2.10 bits per heavy atom. The van der Waals surface area contributed by atoms with Crippen molar-refractivity contribution in [1.29, 1.82) is 0 Å². The number of likely N-dealkylation sites (tertiary alicyclic amines) is 1.